The first-order valence-electron chi connectivity index (χ1n) is 15.4. The molecular weight excluding hydrogens is 434 g/mol. The minimum absolute atomic E-state index is 0.558. The first-order valence-corrected chi connectivity index (χ1v) is 15.4. The summed E-state index contributed by atoms with van der Waals surface area (Å²) >= 11 is 0. The third kappa shape index (κ3) is 7.32. The van der Waals surface area contributed by atoms with Crippen LogP contribution in [-0.2, 0) is 12.8 Å². The Kier molecular flexibility index (Phi) is 10.1. The van der Waals surface area contributed by atoms with Gasteiger partial charge in [-0.2, -0.15) is 0 Å². The molecule has 4 atom stereocenters. The maximum atomic E-state index is 14.8. The molecule has 3 aliphatic carbocycles. The molecule has 0 N–H and O–H groups in total. The highest BCUT2D eigenvalue weighted by Gasteiger charge is 2.38. The van der Waals surface area contributed by atoms with Crippen LogP contribution in [0.25, 0.3) is 0 Å². The van der Waals surface area contributed by atoms with Crippen molar-refractivity contribution in [1.29, 1.82) is 0 Å². The molecule has 1 aromatic rings. The van der Waals surface area contributed by atoms with E-state index >= 15 is 0 Å². The Bertz CT molecular complexity index is 776. The summed E-state index contributed by atoms with van der Waals surface area (Å²) in [6.07, 6.45) is 21.5. The highest BCUT2D eigenvalue weighted by Crippen LogP contribution is 2.49. The average Bonchev–Trinajstić information content (AvgIpc) is 2.86. The molecule has 3 aliphatic rings. The van der Waals surface area contributed by atoms with Crippen LogP contribution in [0, 0.1) is 53.1 Å². The molecule has 0 amide bonds. The van der Waals surface area contributed by atoms with Gasteiger partial charge in [-0.05, 0) is 123 Å². The number of hydrogen-bond donors (Lipinski definition) is 0. The van der Waals surface area contributed by atoms with Crippen molar-refractivity contribution in [2.75, 3.05) is 0 Å². The highest BCUT2D eigenvalue weighted by molar-refractivity contribution is 5.26. The average molecular weight is 487 g/mol. The van der Waals surface area contributed by atoms with Gasteiger partial charge in [-0.3, -0.25) is 0 Å². The van der Waals surface area contributed by atoms with Gasteiger partial charge in [0.05, 0.1) is 0 Å². The van der Waals surface area contributed by atoms with Crippen molar-refractivity contribution in [3.63, 3.8) is 0 Å². The zero-order chi connectivity index (χ0) is 24.8. The Morgan fingerprint density at radius 2 is 1.23 bits per heavy atom. The van der Waals surface area contributed by atoms with Crippen LogP contribution < -0.4 is 0 Å². The topological polar surface area (TPSA) is 0 Å². The van der Waals surface area contributed by atoms with Crippen molar-refractivity contribution in [1.82, 2.24) is 0 Å². The number of benzene rings is 1. The molecule has 198 valence electrons. The molecule has 0 radical (unpaired) electrons. The van der Waals surface area contributed by atoms with Gasteiger partial charge in [0.15, 0.2) is 11.6 Å². The summed E-state index contributed by atoms with van der Waals surface area (Å²) in [6, 6.07) is 3.72. The molecule has 3 saturated carbocycles. The van der Waals surface area contributed by atoms with E-state index in [9.17, 15) is 8.78 Å². The number of aryl methyl sites for hydroxylation is 2. The van der Waals surface area contributed by atoms with Crippen LogP contribution >= 0.6 is 0 Å². The van der Waals surface area contributed by atoms with Gasteiger partial charge in [0.1, 0.15) is 0 Å². The quantitative estimate of drug-likeness (QED) is 0.308. The summed E-state index contributed by atoms with van der Waals surface area (Å²) in [5, 5.41) is 0. The fourth-order valence-corrected chi connectivity index (χ4v) is 8.15. The van der Waals surface area contributed by atoms with Gasteiger partial charge in [-0.15, -0.1) is 0 Å². The Hall–Kier alpha value is -0.920. The van der Waals surface area contributed by atoms with Crippen molar-refractivity contribution in [3.8, 4) is 0 Å². The minimum atomic E-state index is -0.586. The molecule has 2 heteroatoms. The van der Waals surface area contributed by atoms with E-state index in [0.29, 0.717) is 35.8 Å². The molecule has 0 bridgehead atoms. The van der Waals surface area contributed by atoms with Gasteiger partial charge in [-0.25, -0.2) is 8.78 Å². The largest absolute Gasteiger partial charge is 0.203 e. The number of halogens is 2. The molecule has 35 heavy (non-hydrogen) atoms. The normalized spacial score (nSPS) is 31.5. The zero-order valence-corrected chi connectivity index (χ0v) is 23.0. The molecule has 0 spiro atoms. The maximum Gasteiger partial charge on any atom is 0.162 e. The number of fused-ring (bicyclic) bond motifs is 1. The van der Waals surface area contributed by atoms with Gasteiger partial charge >= 0.3 is 0 Å². The second-order valence-corrected chi connectivity index (χ2v) is 13.2. The van der Waals surface area contributed by atoms with Gasteiger partial charge in [0.25, 0.3) is 0 Å². The summed E-state index contributed by atoms with van der Waals surface area (Å²) in [5.74, 6) is 5.00. The van der Waals surface area contributed by atoms with Crippen LogP contribution in [-0.4, -0.2) is 0 Å². The Labute approximate surface area is 215 Å². The molecule has 4 rings (SSSR count). The van der Waals surface area contributed by atoms with Gasteiger partial charge in [0, 0.05) is 0 Å². The number of rotatable bonds is 10. The first-order chi connectivity index (χ1) is 16.9. The molecule has 0 aliphatic heterocycles. The fourth-order valence-electron chi connectivity index (χ4n) is 8.15. The van der Waals surface area contributed by atoms with Crippen molar-refractivity contribution in [3.05, 3.63) is 34.9 Å². The smallest absolute Gasteiger partial charge is 0.162 e. The van der Waals surface area contributed by atoms with E-state index in [1.165, 1.54) is 77.0 Å². The predicted octanol–water partition coefficient (Wildman–Crippen LogP) is 10.3. The van der Waals surface area contributed by atoms with E-state index in [4.69, 9.17) is 0 Å². The van der Waals surface area contributed by atoms with Gasteiger partial charge < -0.3 is 0 Å². The maximum absolute atomic E-state index is 14.8. The molecule has 4 unspecified atom stereocenters. The van der Waals surface area contributed by atoms with Crippen LogP contribution in [0.5, 0.6) is 0 Å². The lowest BCUT2D eigenvalue weighted by Crippen LogP contribution is -2.34. The molecule has 0 heterocycles. The van der Waals surface area contributed by atoms with E-state index < -0.39 is 11.6 Å². The van der Waals surface area contributed by atoms with E-state index in [1.807, 2.05) is 12.1 Å². The van der Waals surface area contributed by atoms with E-state index in [0.717, 1.165) is 48.9 Å². The highest BCUT2D eigenvalue weighted by atomic mass is 19.2. The summed E-state index contributed by atoms with van der Waals surface area (Å²) < 4.78 is 29.4. The molecule has 0 nitrogen and oxygen atoms in total. The Morgan fingerprint density at radius 1 is 0.686 bits per heavy atom. The third-order valence-corrected chi connectivity index (χ3v) is 10.3. The van der Waals surface area contributed by atoms with Crippen molar-refractivity contribution < 1.29 is 8.78 Å². The third-order valence-electron chi connectivity index (χ3n) is 10.3. The molecule has 3 fully saturated rings. The van der Waals surface area contributed by atoms with Crippen LogP contribution in [0.3, 0.4) is 0 Å². The summed E-state index contributed by atoms with van der Waals surface area (Å²) in [5.41, 5.74) is 1.16. The molecule has 0 saturated heterocycles. The fraction of sp³-hybridized carbons (Fsp3) is 0.818. The summed E-state index contributed by atoms with van der Waals surface area (Å²) in [6.45, 7) is 6.70. The van der Waals surface area contributed by atoms with Gasteiger partial charge in [-0.1, -0.05) is 71.4 Å². The minimum Gasteiger partial charge on any atom is -0.203 e. The zero-order valence-electron chi connectivity index (χ0n) is 23.0. The number of hydrogen-bond acceptors (Lipinski definition) is 0. The predicted molar refractivity (Wildman–Crippen MR) is 144 cm³/mol. The van der Waals surface area contributed by atoms with Crippen molar-refractivity contribution in [2.45, 2.75) is 130 Å². The monoisotopic (exact) mass is 486 g/mol. The molecular formula is C33H52F2. The Morgan fingerprint density at radius 3 is 1.89 bits per heavy atom. The lowest BCUT2D eigenvalue weighted by atomic mass is 9.60. The summed E-state index contributed by atoms with van der Waals surface area (Å²) in [4.78, 5) is 0. The SMILES string of the molecule is CCCC1CCC(C2CCC3CC(CCc4ccc(CCCC(C)C)c(F)c4F)CCC3C2)CC1. The van der Waals surface area contributed by atoms with Crippen molar-refractivity contribution in [2.24, 2.45) is 41.4 Å². The second-order valence-electron chi connectivity index (χ2n) is 13.2. The van der Waals surface area contributed by atoms with E-state index in [-0.39, 0.29) is 0 Å². The van der Waals surface area contributed by atoms with Crippen LogP contribution in [0.15, 0.2) is 12.1 Å². The van der Waals surface area contributed by atoms with Crippen LogP contribution in [0.4, 0.5) is 8.78 Å². The van der Waals surface area contributed by atoms with Crippen molar-refractivity contribution >= 4 is 0 Å². The standard InChI is InChI=1S/C33H52F2/c1-4-6-24-9-13-26(14-10-24)30-20-19-29-21-25(12-16-31(29)22-30)11-15-28-18-17-27(32(34)33(28)35)8-5-7-23(2)3/h17-18,23-26,29-31H,4-16,19-22H2,1-3H3. The lowest BCUT2D eigenvalue weighted by Gasteiger charge is -2.45. The van der Waals surface area contributed by atoms with Crippen LogP contribution in [0.2, 0.25) is 0 Å². The second kappa shape index (κ2) is 13.0. The first kappa shape index (κ1) is 27.1. The van der Waals surface area contributed by atoms with Crippen LogP contribution in [0.1, 0.15) is 128 Å². The Balaban J connectivity index is 1.21. The van der Waals surface area contributed by atoms with E-state index in [2.05, 4.69) is 20.8 Å². The van der Waals surface area contributed by atoms with E-state index in [1.54, 1.807) is 0 Å². The molecule has 1 aromatic carbocycles. The lowest BCUT2D eigenvalue weighted by molar-refractivity contribution is 0.0580. The summed E-state index contributed by atoms with van der Waals surface area (Å²) in [7, 11) is 0. The van der Waals surface area contributed by atoms with Gasteiger partial charge in [0.2, 0.25) is 0 Å². The molecule has 0 aromatic heterocycles.